The van der Waals surface area contributed by atoms with Crippen LogP contribution in [0.5, 0.6) is 0 Å². The Labute approximate surface area is 137 Å². The highest BCUT2D eigenvalue weighted by Gasteiger charge is 2.50. The first-order valence-electron chi connectivity index (χ1n) is 7.47. The third kappa shape index (κ3) is 4.68. The van der Waals surface area contributed by atoms with E-state index in [9.17, 15) is 13.2 Å². The van der Waals surface area contributed by atoms with Crippen molar-refractivity contribution in [3.05, 3.63) is 29.3 Å². The van der Waals surface area contributed by atoms with Gasteiger partial charge in [-0.15, -0.1) is 0 Å². The zero-order chi connectivity index (χ0) is 17.5. The standard InChI is InChI=1S/C16H23NO5S/c1-11-6-7-13(12(2)10-11)23(19,20)22-16(8-9-16)17-14(18)21-15(3,4)5/h6-7,10H,8-9H2,1-5H3,(H,17,18). The summed E-state index contributed by atoms with van der Waals surface area (Å²) < 4.78 is 35.4. The number of nitrogens with one attached hydrogen (secondary N) is 1. The van der Waals surface area contributed by atoms with Gasteiger partial charge in [0.25, 0.3) is 10.1 Å². The van der Waals surface area contributed by atoms with E-state index in [0.29, 0.717) is 18.4 Å². The fraction of sp³-hybridized carbons (Fsp3) is 0.562. The molecule has 1 aliphatic rings. The van der Waals surface area contributed by atoms with Gasteiger partial charge in [-0.25, -0.2) is 8.98 Å². The van der Waals surface area contributed by atoms with Crippen LogP contribution in [0.4, 0.5) is 4.79 Å². The SMILES string of the molecule is Cc1ccc(S(=O)(=O)OC2(NC(=O)OC(C)(C)C)CC2)c(C)c1. The van der Waals surface area contributed by atoms with Crippen LogP contribution in [-0.2, 0) is 19.0 Å². The molecule has 1 aromatic rings. The van der Waals surface area contributed by atoms with Crippen molar-refractivity contribution in [2.24, 2.45) is 0 Å². The molecule has 2 rings (SSSR count). The van der Waals surface area contributed by atoms with Gasteiger partial charge in [-0.3, -0.25) is 5.32 Å². The Morgan fingerprint density at radius 1 is 1.22 bits per heavy atom. The van der Waals surface area contributed by atoms with Crippen molar-refractivity contribution >= 4 is 16.2 Å². The molecule has 0 unspecified atom stereocenters. The Bertz CT molecular complexity index is 714. The maximum Gasteiger partial charge on any atom is 0.409 e. The second-order valence-corrected chi connectivity index (χ2v) is 8.44. The Balaban J connectivity index is 2.12. The minimum Gasteiger partial charge on any atom is -0.444 e. The van der Waals surface area contributed by atoms with E-state index < -0.39 is 27.5 Å². The predicted octanol–water partition coefficient (Wildman–Crippen LogP) is 3.02. The maximum atomic E-state index is 12.5. The lowest BCUT2D eigenvalue weighted by atomic mass is 10.2. The number of amides is 1. The largest absolute Gasteiger partial charge is 0.444 e. The molecule has 0 bridgehead atoms. The summed E-state index contributed by atoms with van der Waals surface area (Å²) in [4.78, 5) is 12.0. The molecule has 6 nitrogen and oxygen atoms in total. The third-order valence-electron chi connectivity index (χ3n) is 3.30. The van der Waals surface area contributed by atoms with Crippen molar-refractivity contribution in [3.8, 4) is 0 Å². The van der Waals surface area contributed by atoms with E-state index in [0.717, 1.165) is 5.56 Å². The molecule has 1 aromatic carbocycles. The number of carbonyl (C=O) groups excluding carboxylic acids is 1. The highest BCUT2D eigenvalue weighted by atomic mass is 32.2. The van der Waals surface area contributed by atoms with Crippen molar-refractivity contribution in [2.45, 2.75) is 63.7 Å². The maximum absolute atomic E-state index is 12.5. The minimum absolute atomic E-state index is 0.111. The average Bonchev–Trinajstić information content (AvgIpc) is 3.03. The van der Waals surface area contributed by atoms with Crippen molar-refractivity contribution in [1.29, 1.82) is 0 Å². The van der Waals surface area contributed by atoms with E-state index in [1.54, 1.807) is 39.8 Å². The highest BCUT2D eigenvalue weighted by Crippen LogP contribution is 2.40. The summed E-state index contributed by atoms with van der Waals surface area (Å²) in [5.74, 6) is 0. The number of hydrogen-bond acceptors (Lipinski definition) is 5. The Kier molecular flexibility index (Phi) is 4.47. The molecule has 128 valence electrons. The van der Waals surface area contributed by atoms with Crippen LogP contribution in [-0.4, -0.2) is 25.8 Å². The van der Waals surface area contributed by atoms with Gasteiger partial charge < -0.3 is 4.74 Å². The van der Waals surface area contributed by atoms with Gasteiger partial charge in [0, 0.05) is 12.8 Å². The van der Waals surface area contributed by atoms with Crippen LogP contribution in [0, 0.1) is 13.8 Å². The van der Waals surface area contributed by atoms with Gasteiger partial charge >= 0.3 is 6.09 Å². The molecule has 1 amide bonds. The molecule has 23 heavy (non-hydrogen) atoms. The molecule has 0 aliphatic heterocycles. The third-order valence-corrected chi connectivity index (χ3v) is 4.84. The van der Waals surface area contributed by atoms with Gasteiger partial charge in [0.05, 0.1) is 4.90 Å². The molecule has 7 heteroatoms. The summed E-state index contributed by atoms with van der Waals surface area (Å²) in [6.45, 7) is 8.80. The number of benzene rings is 1. The zero-order valence-electron chi connectivity index (χ0n) is 14.1. The first-order valence-corrected chi connectivity index (χ1v) is 8.87. The summed E-state index contributed by atoms with van der Waals surface area (Å²) in [5.41, 5.74) is -0.280. The molecule has 0 saturated heterocycles. The first kappa shape index (κ1) is 17.7. The highest BCUT2D eigenvalue weighted by molar-refractivity contribution is 7.86. The van der Waals surface area contributed by atoms with Gasteiger partial charge in [0.2, 0.25) is 0 Å². The molecule has 1 N–H and O–H groups in total. The molecule has 1 saturated carbocycles. The minimum atomic E-state index is -3.96. The number of hydrogen-bond donors (Lipinski definition) is 1. The van der Waals surface area contributed by atoms with Crippen LogP contribution < -0.4 is 5.32 Å². The normalized spacial score (nSPS) is 16.7. The molecule has 1 aliphatic carbocycles. The monoisotopic (exact) mass is 341 g/mol. The van der Waals surface area contributed by atoms with Crippen LogP contribution >= 0.6 is 0 Å². The second-order valence-electron chi connectivity index (χ2n) is 6.93. The summed E-state index contributed by atoms with van der Waals surface area (Å²) in [6, 6.07) is 5.00. The Morgan fingerprint density at radius 3 is 2.30 bits per heavy atom. The predicted molar refractivity (Wildman–Crippen MR) is 85.5 cm³/mol. The molecule has 1 fully saturated rings. The quantitative estimate of drug-likeness (QED) is 0.672. The molecule has 0 spiro atoms. The summed E-state index contributed by atoms with van der Waals surface area (Å²) >= 11 is 0. The van der Waals surface area contributed by atoms with E-state index in [-0.39, 0.29) is 4.90 Å². The van der Waals surface area contributed by atoms with Gasteiger partial charge in [-0.2, -0.15) is 8.42 Å². The van der Waals surface area contributed by atoms with E-state index in [2.05, 4.69) is 5.32 Å². The molecule has 0 radical (unpaired) electrons. The first-order chi connectivity index (χ1) is 10.4. The summed E-state index contributed by atoms with van der Waals surface area (Å²) in [6.07, 6.45) is 0.165. The van der Waals surface area contributed by atoms with Crippen LogP contribution in [0.3, 0.4) is 0 Å². The molecule has 0 heterocycles. The van der Waals surface area contributed by atoms with Crippen LogP contribution in [0.15, 0.2) is 23.1 Å². The van der Waals surface area contributed by atoms with Crippen molar-refractivity contribution in [3.63, 3.8) is 0 Å². The summed E-state index contributed by atoms with van der Waals surface area (Å²) in [5, 5.41) is 2.52. The lowest BCUT2D eigenvalue weighted by Gasteiger charge is -2.23. The van der Waals surface area contributed by atoms with Crippen molar-refractivity contribution in [1.82, 2.24) is 5.32 Å². The van der Waals surface area contributed by atoms with E-state index in [4.69, 9.17) is 8.92 Å². The lowest BCUT2D eigenvalue weighted by Crippen LogP contribution is -2.43. The smallest absolute Gasteiger partial charge is 0.409 e. The molecule has 0 aromatic heterocycles. The van der Waals surface area contributed by atoms with Gasteiger partial charge in [0.15, 0.2) is 5.72 Å². The van der Waals surface area contributed by atoms with Crippen LogP contribution in [0.2, 0.25) is 0 Å². The topological polar surface area (TPSA) is 81.7 Å². The molecule has 0 atom stereocenters. The number of carbonyl (C=O) groups is 1. The fourth-order valence-electron chi connectivity index (χ4n) is 2.17. The number of rotatable bonds is 4. The van der Waals surface area contributed by atoms with Crippen molar-refractivity contribution in [2.75, 3.05) is 0 Å². The molecular formula is C16H23NO5S. The summed E-state index contributed by atoms with van der Waals surface area (Å²) in [7, 11) is -3.96. The van der Waals surface area contributed by atoms with E-state index in [1.165, 1.54) is 6.07 Å². The van der Waals surface area contributed by atoms with Crippen LogP contribution in [0.25, 0.3) is 0 Å². The van der Waals surface area contributed by atoms with E-state index in [1.807, 2.05) is 6.92 Å². The van der Waals surface area contributed by atoms with Gasteiger partial charge in [0.1, 0.15) is 5.60 Å². The number of alkyl carbamates (subject to hydrolysis) is 1. The molecular weight excluding hydrogens is 318 g/mol. The number of aryl methyl sites for hydroxylation is 2. The lowest BCUT2D eigenvalue weighted by molar-refractivity contribution is 0.0366. The van der Waals surface area contributed by atoms with Crippen molar-refractivity contribution < 1.29 is 22.1 Å². The van der Waals surface area contributed by atoms with Gasteiger partial charge in [-0.1, -0.05) is 17.7 Å². The average molecular weight is 341 g/mol. The van der Waals surface area contributed by atoms with Gasteiger partial charge in [-0.05, 0) is 46.2 Å². The van der Waals surface area contributed by atoms with E-state index >= 15 is 0 Å². The second kappa shape index (κ2) is 5.79. The Hall–Kier alpha value is -1.60. The zero-order valence-corrected chi connectivity index (χ0v) is 14.9. The Morgan fingerprint density at radius 2 is 1.83 bits per heavy atom. The fourth-order valence-corrected chi connectivity index (χ4v) is 3.57. The number of ether oxygens (including phenoxy) is 1. The van der Waals surface area contributed by atoms with Crippen LogP contribution in [0.1, 0.15) is 44.7 Å².